The van der Waals surface area contributed by atoms with E-state index in [2.05, 4.69) is 48.8 Å². The van der Waals surface area contributed by atoms with E-state index in [-0.39, 0.29) is 6.61 Å². The molecule has 1 aromatic carbocycles. The second-order valence-electron chi connectivity index (χ2n) is 13.5. The summed E-state index contributed by atoms with van der Waals surface area (Å²) in [5.74, 6) is 2.60. The summed E-state index contributed by atoms with van der Waals surface area (Å²) >= 11 is 0. The Hall–Kier alpha value is -1.30. The van der Waals surface area contributed by atoms with E-state index in [0.717, 1.165) is 83.2 Å². The molecule has 1 unspecified atom stereocenters. The fraction of sp³-hybridized carbons (Fsp3) is 0.846. The Morgan fingerprint density at radius 3 is 1.73 bits per heavy atom. The topological polar surface area (TPSA) is 45.2 Å². The van der Waals surface area contributed by atoms with Gasteiger partial charge in [0.15, 0.2) is 0 Å². The molecule has 1 fully saturated rings. The first-order chi connectivity index (χ1) is 21.7. The largest absolute Gasteiger partial charge is 0.493 e. The summed E-state index contributed by atoms with van der Waals surface area (Å²) in [7, 11) is 0. The van der Waals surface area contributed by atoms with Gasteiger partial charge >= 0.3 is 0 Å². The number of unbranched alkanes of at least 4 members (excludes halogenated alkanes) is 14. The minimum Gasteiger partial charge on any atom is -0.493 e. The van der Waals surface area contributed by atoms with Crippen LogP contribution in [0.4, 0.5) is 0 Å². The molecular weight excluding hydrogens is 544 g/mol. The molecule has 1 aliphatic rings. The minimum absolute atomic E-state index is 0.267. The van der Waals surface area contributed by atoms with Crippen molar-refractivity contribution < 1.29 is 14.6 Å². The average molecular weight is 617 g/mol. The molecule has 5 heteroatoms. The zero-order valence-corrected chi connectivity index (χ0v) is 29.5. The van der Waals surface area contributed by atoms with Crippen LogP contribution in [0.3, 0.4) is 0 Å². The summed E-state index contributed by atoms with van der Waals surface area (Å²) in [6.45, 7) is 15.0. The summed E-state index contributed by atoms with van der Waals surface area (Å²) in [5, 5.41) is 9.16. The molecule has 1 N–H and O–H groups in total. The second kappa shape index (κ2) is 26.9. The van der Waals surface area contributed by atoms with Crippen LogP contribution in [0.5, 0.6) is 11.5 Å². The van der Waals surface area contributed by atoms with Gasteiger partial charge in [-0.3, -0.25) is 4.90 Å². The molecule has 1 atom stereocenters. The van der Waals surface area contributed by atoms with E-state index in [4.69, 9.17) is 14.6 Å². The fourth-order valence-corrected chi connectivity index (χ4v) is 6.41. The maximum Gasteiger partial charge on any atom is 0.123 e. The Morgan fingerprint density at radius 2 is 1.16 bits per heavy atom. The number of piperazine rings is 1. The number of hydrogen-bond acceptors (Lipinski definition) is 5. The molecule has 0 saturated carbocycles. The number of nitrogens with zero attached hydrogens (tertiary/aromatic N) is 2. The Balaban J connectivity index is 1.71. The van der Waals surface area contributed by atoms with E-state index < -0.39 is 0 Å². The lowest BCUT2D eigenvalue weighted by molar-refractivity contribution is 0.110. The summed E-state index contributed by atoms with van der Waals surface area (Å²) in [5.41, 5.74) is 1.36. The molecule has 44 heavy (non-hydrogen) atoms. The predicted octanol–water partition coefficient (Wildman–Crippen LogP) is 9.68. The number of ether oxygens (including phenoxy) is 2. The van der Waals surface area contributed by atoms with Crippen LogP contribution in [0.25, 0.3) is 0 Å². The summed E-state index contributed by atoms with van der Waals surface area (Å²) in [6, 6.07) is 6.67. The first-order valence-electron chi connectivity index (χ1n) is 19.1. The first-order valence-corrected chi connectivity index (χ1v) is 19.1. The maximum absolute atomic E-state index is 9.16. The van der Waals surface area contributed by atoms with Crippen LogP contribution in [0.1, 0.15) is 148 Å². The van der Waals surface area contributed by atoms with Gasteiger partial charge in [0, 0.05) is 38.8 Å². The van der Waals surface area contributed by atoms with Crippen LogP contribution in [-0.2, 0) is 6.42 Å². The van der Waals surface area contributed by atoms with Gasteiger partial charge in [-0.25, -0.2) is 0 Å². The van der Waals surface area contributed by atoms with E-state index in [1.807, 2.05) is 0 Å². The fourth-order valence-electron chi connectivity index (χ4n) is 6.41. The quantitative estimate of drug-likeness (QED) is 0.0908. The number of β-amino-alcohol motifs (C(OH)–C–C–N with tert-alkyl or cyclic N) is 1. The van der Waals surface area contributed by atoms with Crippen LogP contribution in [0.2, 0.25) is 0 Å². The second-order valence-corrected chi connectivity index (χ2v) is 13.5. The van der Waals surface area contributed by atoms with Crippen LogP contribution in [0, 0.1) is 5.92 Å². The van der Waals surface area contributed by atoms with Crippen molar-refractivity contribution in [2.24, 2.45) is 5.92 Å². The zero-order valence-electron chi connectivity index (χ0n) is 29.5. The van der Waals surface area contributed by atoms with E-state index >= 15 is 0 Å². The molecule has 0 radical (unpaired) electrons. The lowest BCUT2D eigenvalue weighted by atomic mass is 10.0. The van der Waals surface area contributed by atoms with Crippen molar-refractivity contribution in [3.63, 3.8) is 0 Å². The molecular formula is C39H72N2O3. The molecule has 1 heterocycles. The van der Waals surface area contributed by atoms with E-state index in [9.17, 15) is 0 Å². The smallest absolute Gasteiger partial charge is 0.123 e. The minimum atomic E-state index is 0.267. The monoisotopic (exact) mass is 617 g/mol. The van der Waals surface area contributed by atoms with Crippen molar-refractivity contribution in [3.8, 4) is 11.5 Å². The van der Waals surface area contributed by atoms with E-state index in [0.29, 0.717) is 5.92 Å². The average Bonchev–Trinajstić information content (AvgIpc) is 3.04. The molecule has 1 aliphatic heterocycles. The maximum atomic E-state index is 9.16. The normalized spacial score (nSPS) is 15.1. The summed E-state index contributed by atoms with van der Waals surface area (Å²) < 4.78 is 12.7. The Morgan fingerprint density at radius 1 is 0.614 bits per heavy atom. The van der Waals surface area contributed by atoms with Crippen LogP contribution >= 0.6 is 0 Å². The van der Waals surface area contributed by atoms with E-state index in [1.165, 1.54) is 115 Å². The first kappa shape index (κ1) is 38.9. The molecule has 0 aromatic heterocycles. The third-order valence-corrected chi connectivity index (χ3v) is 9.56. The molecule has 0 aliphatic carbocycles. The summed E-state index contributed by atoms with van der Waals surface area (Å²) in [6.07, 6.45) is 26.4. The third-order valence-electron chi connectivity index (χ3n) is 9.56. The van der Waals surface area contributed by atoms with Crippen molar-refractivity contribution in [1.82, 2.24) is 9.80 Å². The molecule has 1 aromatic rings. The molecule has 5 nitrogen and oxygen atoms in total. The lowest BCUT2D eigenvalue weighted by Crippen LogP contribution is -2.47. The summed E-state index contributed by atoms with van der Waals surface area (Å²) in [4.78, 5) is 4.91. The van der Waals surface area contributed by atoms with Crippen LogP contribution < -0.4 is 9.47 Å². The van der Waals surface area contributed by atoms with Crippen molar-refractivity contribution in [3.05, 3.63) is 23.8 Å². The van der Waals surface area contributed by atoms with Gasteiger partial charge in [0.1, 0.15) is 11.5 Å². The molecule has 0 spiro atoms. The highest BCUT2D eigenvalue weighted by molar-refractivity contribution is 5.38. The van der Waals surface area contributed by atoms with Gasteiger partial charge in [-0.15, -0.1) is 0 Å². The number of aryl methyl sites for hydroxylation is 1. The lowest BCUT2D eigenvalue weighted by Gasteiger charge is -2.34. The van der Waals surface area contributed by atoms with Crippen molar-refractivity contribution in [2.75, 3.05) is 59.1 Å². The van der Waals surface area contributed by atoms with Gasteiger partial charge in [0.2, 0.25) is 0 Å². The zero-order chi connectivity index (χ0) is 31.5. The highest BCUT2D eigenvalue weighted by Gasteiger charge is 2.15. The van der Waals surface area contributed by atoms with Gasteiger partial charge in [0.05, 0.1) is 19.8 Å². The van der Waals surface area contributed by atoms with Gasteiger partial charge in [-0.05, 0) is 62.3 Å². The van der Waals surface area contributed by atoms with Crippen molar-refractivity contribution in [1.29, 1.82) is 0 Å². The highest BCUT2D eigenvalue weighted by atomic mass is 16.5. The number of benzene rings is 1. The van der Waals surface area contributed by atoms with Crippen LogP contribution in [0.15, 0.2) is 18.2 Å². The molecule has 2 rings (SSSR count). The molecule has 0 amide bonds. The Bertz CT molecular complexity index is 781. The van der Waals surface area contributed by atoms with E-state index in [1.54, 1.807) is 0 Å². The Kier molecular flexibility index (Phi) is 23.7. The van der Waals surface area contributed by atoms with Gasteiger partial charge in [-0.2, -0.15) is 0 Å². The molecule has 256 valence electrons. The van der Waals surface area contributed by atoms with Gasteiger partial charge in [-0.1, -0.05) is 117 Å². The SMILES string of the molecule is CCCCCCCCCCCCCCCc1cc(OCCCCN2CCN(CCO)CC2)cc(OCC(CC)CCCC)c1. The predicted molar refractivity (Wildman–Crippen MR) is 189 cm³/mol. The number of rotatable bonds is 29. The van der Waals surface area contributed by atoms with Crippen LogP contribution in [-0.4, -0.2) is 74.0 Å². The number of aliphatic hydroxyl groups excluding tert-OH is 1. The third kappa shape index (κ3) is 19.3. The number of hydrogen-bond donors (Lipinski definition) is 1. The standard InChI is InChI=1S/C39H72N2O3/c1-4-7-9-10-11-12-13-14-15-16-17-18-19-23-37-32-38(34-39(33-37)44-35-36(6-3)22-8-5-2)43-31-21-20-24-40-25-27-41(28-26-40)29-30-42/h32-34,36,42H,4-31,35H2,1-3H3. The van der Waals surface area contributed by atoms with Crippen molar-refractivity contribution in [2.45, 2.75) is 149 Å². The Labute approximate surface area is 273 Å². The molecule has 0 bridgehead atoms. The highest BCUT2D eigenvalue weighted by Crippen LogP contribution is 2.26. The number of aliphatic hydroxyl groups is 1. The van der Waals surface area contributed by atoms with Gasteiger partial charge < -0.3 is 19.5 Å². The van der Waals surface area contributed by atoms with Crippen molar-refractivity contribution >= 4 is 0 Å². The molecule has 1 saturated heterocycles. The van der Waals surface area contributed by atoms with Gasteiger partial charge in [0.25, 0.3) is 0 Å².